The van der Waals surface area contributed by atoms with E-state index in [4.69, 9.17) is 11.6 Å². The normalized spacial score (nSPS) is 28.8. The molecule has 84 valence electrons. The molecule has 1 fully saturated rings. The zero-order chi connectivity index (χ0) is 11.1. The highest BCUT2D eigenvalue weighted by molar-refractivity contribution is 6.21. The lowest BCUT2D eigenvalue weighted by atomic mass is 9.67. The Morgan fingerprint density at radius 1 is 1.67 bits per heavy atom. The molecule has 1 aromatic rings. The quantitative estimate of drug-likeness (QED) is 0.800. The predicted octanol–water partition coefficient (Wildman–Crippen LogP) is 1.92. The Morgan fingerprint density at radius 2 is 2.40 bits per heavy atom. The number of aryl methyl sites for hydroxylation is 1. The van der Waals surface area contributed by atoms with E-state index in [2.05, 4.69) is 24.3 Å². The van der Waals surface area contributed by atoms with E-state index in [1.54, 1.807) is 0 Å². The minimum atomic E-state index is 0.212. The molecule has 0 bridgehead atoms. The Balaban J connectivity index is 1.85. The van der Waals surface area contributed by atoms with E-state index in [1.165, 1.54) is 5.56 Å². The van der Waals surface area contributed by atoms with E-state index in [9.17, 15) is 0 Å². The standard InChI is InChI=1S/C11H18ClN3/c1-11(2)9(12)4-10(11)13-5-8-6-14-15(3)7-8/h6-7,9-10,13H,4-5H2,1-3H3. The van der Waals surface area contributed by atoms with Crippen molar-refractivity contribution in [2.45, 2.75) is 38.2 Å². The van der Waals surface area contributed by atoms with Gasteiger partial charge in [0.2, 0.25) is 0 Å². The molecular formula is C11H18ClN3. The van der Waals surface area contributed by atoms with Gasteiger partial charge in [-0.1, -0.05) is 13.8 Å². The van der Waals surface area contributed by atoms with E-state index in [1.807, 2.05) is 24.1 Å². The maximum Gasteiger partial charge on any atom is 0.0534 e. The second-order valence-electron chi connectivity index (χ2n) is 4.98. The third kappa shape index (κ3) is 2.04. The number of hydrogen-bond donors (Lipinski definition) is 1. The second kappa shape index (κ2) is 3.80. The molecular weight excluding hydrogens is 210 g/mol. The number of nitrogens with zero attached hydrogens (tertiary/aromatic N) is 2. The van der Waals surface area contributed by atoms with Gasteiger partial charge in [-0.15, -0.1) is 11.6 Å². The molecule has 1 aliphatic carbocycles. The summed E-state index contributed by atoms with van der Waals surface area (Å²) in [4.78, 5) is 0. The maximum atomic E-state index is 6.16. The predicted molar refractivity (Wildman–Crippen MR) is 61.9 cm³/mol. The minimum absolute atomic E-state index is 0.212. The van der Waals surface area contributed by atoms with Crippen LogP contribution in [0.1, 0.15) is 25.8 Å². The van der Waals surface area contributed by atoms with Gasteiger partial charge >= 0.3 is 0 Å². The second-order valence-corrected chi connectivity index (χ2v) is 5.51. The van der Waals surface area contributed by atoms with Gasteiger partial charge in [0.05, 0.1) is 6.20 Å². The summed E-state index contributed by atoms with van der Waals surface area (Å²) in [6, 6.07) is 0.528. The lowest BCUT2D eigenvalue weighted by Gasteiger charge is -2.49. The van der Waals surface area contributed by atoms with Gasteiger partial charge in [-0.25, -0.2) is 0 Å². The lowest BCUT2D eigenvalue weighted by Crippen LogP contribution is -2.57. The summed E-state index contributed by atoms with van der Waals surface area (Å²) in [5, 5.41) is 7.98. The molecule has 15 heavy (non-hydrogen) atoms. The van der Waals surface area contributed by atoms with Crippen molar-refractivity contribution in [2.24, 2.45) is 12.5 Å². The van der Waals surface area contributed by atoms with Crippen LogP contribution in [-0.2, 0) is 13.6 Å². The maximum absolute atomic E-state index is 6.16. The first-order chi connectivity index (χ1) is 7.00. The van der Waals surface area contributed by atoms with Crippen LogP contribution in [0.2, 0.25) is 0 Å². The van der Waals surface area contributed by atoms with Crippen LogP contribution in [0.4, 0.5) is 0 Å². The average Bonchev–Trinajstić information content (AvgIpc) is 2.58. The summed E-state index contributed by atoms with van der Waals surface area (Å²) in [6.45, 7) is 5.32. The molecule has 1 heterocycles. The van der Waals surface area contributed by atoms with E-state index < -0.39 is 0 Å². The van der Waals surface area contributed by atoms with E-state index >= 15 is 0 Å². The van der Waals surface area contributed by atoms with Crippen molar-refractivity contribution in [1.29, 1.82) is 0 Å². The third-order valence-electron chi connectivity index (χ3n) is 3.46. The molecule has 1 aromatic heterocycles. The van der Waals surface area contributed by atoms with Crippen molar-refractivity contribution in [2.75, 3.05) is 0 Å². The summed E-state index contributed by atoms with van der Waals surface area (Å²) < 4.78 is 1.83. The van der Waals surface area contributed by atoms with Gasteiger partial charge in [-0.2, -0.15) is 5.10 Å². The molecule has 0 amide bonds. The number of hydrogen-bond acceptors (Lipinski definition) is 2. The first kappa shape index (κ1) is 11.0. The van der Waals surface area contributed by atoms with Crippen LogP contribution >= 0.6 is 11.6 Å². The smallest absolute Gasteiger partial charge is 0.0534 e. The number of halogens is 1. The third-order valence-corrected chi connectivity index (χ3v) is 4.20. The topological polar surface area (TPSA) is 29.9 Å². The van der Waals surface area contributed by atoms with Crippen molar-refractivity contribution in [3.8, 4) is 0 Å². The Hall–Kier alpha value is -0.540. The van der Waals surface area contributed by atoms with Gasteiger partial charge < -0.3 is 5.32 Å². The van der Waals surface area contributed by atoms with Crippen LogP contribution in [0.15, 0.2) is 12.4 Å². The fourth-order valence-electron chi connectivity index (χ4n) is 2.02. The van der Waals surface area contributed by atoms with Crippen LogP contribution in [0.25, 0.3) is 0 Å². The van der Waals surface area contributed by atoms with Gasteiger partial charge in [0.15, 0.2) is 0 Å². The molecule has 0 spiro atoms. The summed E-state index contributed by atoms with van der Waals surface area (Å²) in [5.74, 6) is 0. The van der Waals surface area contributed by atoms with Crippen molar-refractivity contribution in [3.05, 3.63) is 18.0 Å². The van der Waals surface area contributed by atoms with E-state index in [0.29, 0.717) is 11.4 Å². The highest BCUT2D eigenvalue weighted by Crippen LogP contribution is 2.44. The Kier molecular flexibility index (Phi) is 2.77. The van der Waals surface area contributed by atoms with Gasteiger partial charge in [0.1, 0.15) is 0 Å². The lowest BCUT2D eigenvalue weighted by molar-refractivity contribution is 0.115. The highest BCUT2D eigenvalue weighted by Gasteiger charge is 2.46. The molecule has 0 aromatic carbocycles. The number of rotatable bonds is 3. The highest BCUT2D eigenvalue weighted by atomic mass is 35.5. The summed E-state index contributed by atoms with van der Waals surface area (Å²) in [7, 11) is 1.94. The summed E-state index contributed by atoms with van der Waals surface area (Å²) in [6.07, 6.45) is 5.00. The molecule has 1 N–H and O–H groups in total. The van der Waals surface area contributed by atoms with Crippen molar-refractivity contribution in [1.82, 2.24) is 15.1 Å². The Morgan fingerprint density at radius 3 is 2.87 bits per heavy atom. The van der Waals surface area contributed by atoms with E-state index in [-0.39, 0.29) is 5.41 Å². The molecule has 0 radical (unpaired) electrons. The molecule has 2 rings (SSSR count). The Bertz CT molecular complexity index is 345. The minimum Gasteiger partial charge on any atom is -0.309 e. The molecule has 3 nitrogen and oxygen atoms in total. The van der Waals surface area contributed by atoms with Crippen LogP contribution in [-0.4, -0.2) is 21.2 Å². The van der Waals surface area contributed by atoms with Crippen LogP contribution in [0, 0.1) is 5.41 Å². The zero-order valence-electron chi connectivity index (χ0n) is 9.50. The fourth-order valence-corrected chi connectivity index (χ4v) is 2.35. The van der Waals surface area contributed by atoms with Crippen molar-refractivity contribution >= 4 is 11.6 Å². The number of aromatic nitrogens is 2. The first-order valence-electron chi connectivity index (χ1n) is 5.35. The van der Waals surface area contributed by atoms with Gasteiger partial charge in [-0.05, 0) is 11.8 Å². The summed E-state index contributed by atoms with van der Waals surface area (Å²) in [5.41, 5.74) is 1.44. The van der Waals surface area contributed by atoms with Crippen LogP contribution < -0.4 is 5.32 Å². The molecule has 2 atom stereocenters. The largest absolute Gasteiger partial charge is 0.309 e. The number of alkyl halides is 1. The molecule has 1 saturated carbocycles. The van der Waals surface area contributed by atoms with Gasteiger partial charge in [-0.3, -0.25) is 4.68 Å². The van der Waals surface area contributed by atoms with Gasteiger partial charge in [0, 0.05) is 36.8 Å². The number of nitrogens with one attached hydrogen (secondary N) is 1. The van der Waals surface area contributed by atoms with E-state index in [0.717, 1.165) is 13.0 Å². The Labute approximate surface area is 95.8 Å². The van der Waals surface area contributed by atoms with Gasteiger partial charge in [0.25, 0.3) is 0 Å². The summed E-state index contributed by atoms with van der Waals surface area (Å²) >= 11 is 6.16. The fraction of sp³-hybridized carbons (Fsp3) is 0.727. The SMILES string of the molecule is Cn1cc(CNC2CC(Cl)C2(C)C)cn1. The molecule has 0 saturated heterocycles. The monoisotopic (exact) mass is 227 g/mol. The first-order valence-corrected chi connectivity index (χ1v) is 5.79. The zero-order valence-corrected chi connectivity index (χ0v) is 10.3. The van der Waals surface area contributed by atoms with Crippen molar-refractivity contribution in [3.63, 3.8) is 0 Å². The molecule has 0 aliphatic heterocycles. The van der Waals surface area contributed by atoms with Crippen LogP contribution in [0.3, 0.4) is 0 Å². The van der Waals surface area contributed by atoms with Crippen molar-refractivity contribution < 1.29 is 0 Å². The average molecular weight is 228 g/mol. The molecule has 4 heteroatoms. The molecule has 2 unspecified atom stereocenters. The molecule has 1 aliphatic rings. The van der Waals surface area contributed by atoms with Crippen LogP contribution in [0.5, 0.6) is 0 Å².